The average molecular weight is 207 g/mol. The SMILES string of the molecule is C=CCCCN[C@H](C)c1cccc(F)c1. The van der Waals surface area contributed by atoms with Crippen molar-refractivity contribution in [2.24, 2.45) is 0 Å². The van der Waals surface area contributed by atoms with Crippen LogP contribution in [0, 0.1) is 5.82 Å². The van der Waals surface area contributed by atoms with E-state index in [4.69, 9.17) is 0 Å². The van der Waals surface area contributed by atoms with E-state index in [9.17, 15) is 4.39 Å². The second kappa shape index (κ2) is 6.36. The van der Waals surface area contributed by atoms with Gasteiger partial charge in [0.15, 0.2) is 0 Å². The van der Waals surface area contributed by atoms with Crippen LogP contribution in [-0.2, 0) is 0 Å². The zero-order valence-electron chi connectivity index (χ0n) is 9.17. The molecule has 0 aliphatic rings. The Labute approximate surface area is 91.0 Å². The Balaban J connectivity index is 2.39. The third kappa shape index (κ3) is 4.26. The first-order chi connectivity index (χ1) is 7.24. The molecule has 0 radical (unpaired) electrons. The minimum Gasteiger partial charge on any atom is -0.310 e. The molecule has 0 spiro atoms. The van der Waals surface area contributed by atoms with Gasteiger partial charge in [-0.15, -0.1) is 6.58 Å². The van der Waals surface area contributed by atoms with Crippen LogP contribution in [0.15, 0.2) is 36.9 Å². The van der Waals surface area contributed by atoms with E-state index in [0.717, 1.165) is 24.9 Å². The molecular formula is C13H18FN. The van der Waals surface area contributed by atoms with E-state index in [1.54, 1.807) is 12.1 Å². The molecule has 15 heavy (non-hydrogen) atoms. The van der Waals surface area contributed by atoms with Gasteiger partial charge >= 0.3 is 0 Å². The van der Waals surface area contributed by atoms with Gasteiger partial charge in [-0.25, -0.2) is 4.39 Å². The standard InChI is InChI=1S/C13H18FN/c1-3-4-5-9-15-11(2)12-7-6-8-13(14)10-12/h3,6-8,10-11,15H,1,4-5,9H2,2H3/t11-/m1/s1. The maximum atomic E-state index is 12.9. The van der Waals surface area contributed by atoms with Gasteiger partial charge in [-0.05, 0) is 44.0 Å². The lowest BCUT2D eigenvalue weighted by molar-refractivity contribution is 0.554. The fraction of sp³-hybridized carbons (Fsp3) is 0.385. The van der Waals surface area contributed by atoms with Crippen LogP contribution in [-0.4, -0.2) is 6.54 Å². The van der Waals surface area contributed by atoms with Crippen LogP contribution in [0.25, 0.3) is 0 Å². The summed E-state index contributed by atoms with van der Waals surface area (Å²) in [4.78, 5) is 0. The zero-order valence-corrected chi connectivity index (χ0v) is 9.17. The van der Waals surface area contributed by atoms with Crippen molar-refractivity contribution in [1.82, 2.24) is 5.32 Å². The summed E-state index contributed by atoms with van der Waals surface area (Å²) < 4.78 is 12.9. The number of rotatable bonds is 6. The van der Waals surface area contributed by atoms with E-state index in [1.165, 1.54) is 6.07 Å². The van der Waals surface area contributed by atoms with Gasteiger partial charge < -0.3 is 5.32 Å². The molecule has 0 unspecified atom stereocenters. The summed E-state index contributed by atoms with van der Waals surface area (Å²) in [6.07, 6.45) is 4.00. The van der Waals surface area contributed by atoms with Crippen molar-refractivity contribution >= 4 is 0 Å². The van der Waals surface area contributed by atoms with Crippen LogP contribution in [0.3, 0.4) is 0 Å². The maximum Gasteiger partial charge on any atom is 0.123 e. The Morgan fingerprint density at radius 2 is 2.33 bits per heavy atom. The van der Waals surface area contributed by atoms with E-state index in [2.05, 4.69) is 11.9 Å². The summed E-state index contributed by atoms with van der Waals surface area (Å²) in [5, 5.41) is 3.35. The first-order valence-electron chi connectivity index (χ1n) is 5.34. The van der Waals surface area contributed by atoms with Crippen molar-refractivity contribution in [3.8, 4) is 0 Å². The zero-order chi connectivity index (χ0) is 11.1. The monoisotopic (exact) mass is 207 g/mol. The molecule has 1 nitrogen and oxygen atoms in total. The van der Waals surface area contributed by atoms with Crippen LogP contribution in [0.2, 0.25) is 0 Å². The summed E-state index contributed by atoms with van der Waals surface area (Å²) in [5.41, 5.74) is 0.994. The van der Waals surface area contributed by atoms with E-state index < -0.39 is 0 Å². The molecule has 0 fully saturated rings. The van der Waals surface area contributed by atoms with Gasteiger partial charge in [0, 0.05) is 6.04 Å². The quantitative estimate of drug-likeness (QED) is 0.556. The molecule has 1 aromatic carbocycles. The van der Waals surface area contributed by atoms with Gasteiger partial charge in [-0.2, -0.15) is 0 Å². The van der Waals surface area contributed by atoms with Gasteiger partial charge in [0.05, 0.1) is 0 Å². The molecule has 1 rings (SSSR count). The molecule has 0 saturated heterocycles. The molecule has 0 amide bonds. The Morgan fingerprint density at radius 3 is 3.00 bits per heavy atom. The van der Waals surface area contributed by atoms with Crippen LogP contribution in [0.4, 0.5) is 4.39 Å². The number of hydrogen-bond donors (Lipinski definition) is 1. The van der Waals surface area contributed by atoms with Crippen molar-refractivity contribution in [2.75, 3.05) is 6.54 Å². The number of nitrogens with one attached hydrogen (secondary N) is 1. The second-order valence-electron chi connectivity index (χ2n) is 3.66. The molecule has 1 aromatic rings. The number of unbranched alkanes of at least 4 members (excludes halogenated alkanes) is 1. The van der Waals surface area contributed by atoms with Crippen LogP contribution < -0.4 is 5.32 Å². The summed E-state index contributed by atoms with van der Waals surface area (Å²) in [6.45, 7) is 6.65. The smallest absolute Gasteiger partial charge is 0.123 e. The second-order valence-corrected chi connectivity index (χ2v) is 3.66. The Kier molecular flexibility index (Phi) is 5.05. The molecule has 1 N–H and O–H groups in total. The highest BCUT2D eigenvalue weighted by Gasteiger charge is 2.04. The molecule has 2 heteroatoms. The van der Waals surface area contributed by atoms with Crippen LogP contribution >= 0.6 is 0 Å². The summed E-state index contributed by atoms with van der Waals surface area (Å²) in [6, 6.07) is 6.92. The molecule has 0 aliphatic heterocycles. The Morgan fingerprint density at radius 1 is 1.53 bits per heavy atom. The van der Waals surface area contributed by atoms with Crippen molar-refractivity contribution in [1.29, 1.82) is 0 Å². The van der Waals surface area contributed by atoms with E-state index in [1.807, 2.05) is 19.1 Å². The van der Waals surface area contributed by atoms with E-state index in [-0.39, 0.29) is 11.9 Å². The molecule has 0 saturated carbocycles. The van der Waals surface area contributed by atoms with Crippen molar-refractivity contribution in [3.05, 3.63) is 48.3 Å². The molecule has 0 heterocycles. The number of hydrogen-bond acceptors (Lipinski definition) is 1. The first-order valence-corrected chi connectivity index (χ1v) is 5.34. The minimum absolute atomic E-state index is 0.174. The number of allylic oxidation sites excluding steroid dienone is 1. The maximum absolute atomic E-state index is 12.9. The molecular weight excluding hydrogens is 189 g/mol. The Hall–Kier alpha value is -1.15. The van der Waals surface area contributed by atoms with Gasteiger partial charge in [0.2, 0.25) is 0 Å². The number of halogens is 1. The molecule has 82 valence electrons. The third-order valence-corrected chi connectivity index (χ3v) is 2.38. The largest absolute Gasteiger partial charge is 0.310 e. The number of benzene rings is 1. The highest BCUT2D eigenvalue weighted by Crippen LogP contribution is 2.13. The first kappa shape index (κ1) is 11.9. The van der Waals surface area contributed by atoms with Crippen LogP contribution in [0.5, 0.6) is 0 Å². The van der Waals surface area contributed by atoms with E-state index in [0.29, 0.717) is 0 Å². The molecule has 0 aromatic heterocycles. The lowest BCUT2D eigenvalue weighted by Crippen LogP contribution is -2.19. The summed E-state index contributed by atoms with van der Waals surface area (Å²) in [7, 11) is 0. The Bertz CT molecular complexity index is 309. The van der Waals surface area contributed by atoms with Crippen molar-refractivity contribution in [3.63, 3.8) is 0 Å². The summed E-state index contributed by atoms with van der Waals surface area (Å²) in [5.74, 6) is -0.174. The fourth-order valence-electron chi connectivity index (χ4n) is 1.46. The van der Waals surface area contributed by atoms with Gasteiger partial charge in [-0.3, -0.25) is 0 Å². The summed E-state index contributed by atoms with van der Waals surface area (Å²) >= 11 is 0. The predicted octanol–water partition coefficient (Wildman–Crippen LogP) is 3.44. The predicted molar refractivity (Wildman–Crippen MR) is 62.2 cm³/mol. The van der Waals surface area contributed by atoms with Gasteiger partial charge in [0.1, 0.15) is 5.82 Å². The average Bonchev–Trinajstić information content (AvgIpc) is 2.24. The highest BCUT2D eigenvalue weighted by atomic mass is 19.1. The highest BCUT2D eigenvalue weighted by molar-refractivity contribution is 5.19. The normalized spacial score (nSPS) is 12.4. The van der Waals surface area contributed by atoms with E-state index >= 15 is 0 Å². The molecule has 0 bridgehead atoms. The third-order valence-electron chi connectivity index (χ3n) is 2.38. The lowest BCUT2D eigenvalue weighted by Gasteiger charge is -2.13. The van der Waals surface area contributed by atoms with Crippen molar-refractivity contribution < 1.29 is 4.39 Å². The molecule has 1 atom stereocenters. The topological polar surface area (TPSA) is 12.0 Å². The molecule has 0 aliphatic carbocycles. The van der Waals surface area contributed by atoms with Crippen LogP contribution in [0.1, 0.15) is 31.4 Å². The lowest BCUT2D eigenvalue weighted by atomic mass is 10.1. The van der Waals surface area contributed by atoms with Gasteiger partial charge in [-0.1, -0.05) is 18.2 Å². The fourth-order valence-corrected chi connectivity index (χ4v) is 1.46. The minimum atomic E-state index is -0.174. The van der Waals surface area contributed by atoms with Gasteiger partial charge in [0.25, 0.3) is 0 Å². The van der Waals surface area contributed by atoms with Crippen molar-refractivity contribution in [2.45, 2.75) is 25.8 Å².